The van der Waals surface area contributed by atoms with Gasteiger partial charge in [0.1, 0.15) is 21.8 Å². The highest BCUT2D eigenvalue weighted by atomic mass is 32.2. The summed E-state index contributed by atoms with van der Waals surface area (Å²) in [5.41, 5.74) is -0.768. The van der Waals surface area contributed by atoms with E-state index in [1.807, 2.05) is 0 Å². The van der Waals surface area contributed by atoms with Crippen molar-refractivity contribution in [1.82, 2.24) is 0 Å². The van der Waals surface area contributed by atoms with Crippen molar-refractivity contribution in [3.8, 4) is 5.75 Å². The van der Waals surface area contributed by atoms with Crippen LogP contribution in [0.15, 0.2) is 33.8 Å². The van der Waals surface area contributed by atoms with Crippen LogP contribution in [-0.4, -0.2) is 24.8 Å². The summed E-state index contributed by atoms with van der Waals surface area (Å²) in [7, 11) is -3.78. The van der Waals surface area contributed by atoms with E-state index in [1.54, 1.807) is 27.7 Å². The molecule has 1 aromatic carbocycles. The second-order valence-corrected chi connectivity index (χ2v) is 7.80. The molecule has 0 atom stereocenters. The molecule has 0 bridgehead atoms. The minimum absolute atomic E-state index is 0.239. The lowest BCUT2D eigenvalue weighted by Crippen LogP contribution is -2.56. The number of nitroso groups, excluding NO2 is 1. The van der Waals surface area contributed by atoms with Gasteiger partial charge in [0, 0.05) is 0 Å². The number of sulfonamides is 1. The first-order valence-electron chi connectivity index (χ1n) is 6.24. The van der Waals surface area contributed by atoms with Crippen molar-refractivity contribution in [3.05, 3.63) is 29.2 Å². The average molecular weight is 312 g/mol. The Kier molecular flexibility index (Phi) is 3.53. The van der Waals surface area contributed by atoms with Gasteiger partial charge in [0.05, 0.1) is 0 Å². The van der Waals surface area contributed by atoms with E-state index in [0.29, 0.717) is 5.75 Å². The zero-order valence-electron chi connectivity index (χ0n) is 12.2. The largest absolute Gasteiger partial charge is 0.442 e. The first-order valence-corrected chi connectivity index (χ1v) is 7.68. The van der Waals surface area contributed by atoms with Gasteiger partial charge in [-0.3, -0.25) is 0 Å². The van der Waals surface area contributed by atoms with E-state index >= 15 is 0 Å². The monoisotopic (exact) mass is 312 g/mol. The smallest absolute Gasteiger partial charge is 0.405 e. The summed E-state index contributed by atoms with van der Waals surface area (Å²) in [5.74, 6) is 0.298. The standard InChI is InChI=1S/C13H16N2O5S/c1-12(2)13(3,4)21(17,18)15-11(20-12)19-10-7-5-9(14-16)6-8-10/h5-8H,1-4H3. The molecule has 0 aromatic heterocycles. The van der Waals surface area contributed by atoms with Crippen molar-refractivity contribution >= 4 is 21.8 Å². The van der Waals surface area contributed by atoms with Gasteiger partial charge in [-0.25, -0.2) is 8.42 Å². The van der Waals surface area contributed by atoms with E-state index in [9.17, 15) is 13.3 Å². The zero-order valence-corrected chi connectivity index (χ0v) is 13.0. The molecule has 114 valence electrons. The fourth-order valence-electron chi connectivity index (χ4n) is 1.60. The van der Waals surface area contributed by atoms with Crippen LogP contribution in [0.3, 0.4) is 0 Å². The second kappa shape index (κ2) is 4.80. The molecule has 0 aliphatic carbocycles. The fourth-order valence-corrected chi connectivity index (χ4v) is 2.76. The van der Waals surface area contributed by atoms with Gasteiger partial charge in [-0.15, -0.1) is 4.91 Å². The molecule has 2 rings (SSSR count). The van der Waals surface area contributed by atoms with Crippen LogP contribution in [0.2, 0.25) is 0 Å². The van der Waals surface area contributed by atoms with Crippen LogP contribution in [0.25, 0.3) is 0 Å². The highest BCUT2D eigenvalue weighted by molar-refractivity contribution is 7.91. The molecule has 1 aromatic rings. The molecule has 21 heavy (non-hydrogen) atoms. The van der Waals surface area contributed by atoms with E-state index in [1.165, 1.54) is 24.3 Å². The highest BCUT2D eigenvalue weighted by Crippen LogP contribution is 2.38. The van der Waals surface area contributed by atoms with Crippen LogP contribution in [0, 0.1) is 4.91 Å². The Morgan fingerprint density at radius 1 is 1.14 bits per heavy atom. The van der Waals surface area contributed by atoms with Gasteiger partial charge in [-0.1, -0.05) is 4.40 Å². The number of ether oxygens (including phenoxy) is 2. The molecule has 0 saturated carbocycles. The van der Waals surface area contributed by atoms with E-state index in [-0.39, 0.29) is 11.8 Å². The summed E-state index contributed by atoms with van der Waals surface area (Å²) in [6, 6.07) is 5.83. The van der Waals surface area contributed by atoms with Gasteiger partial charge in [0.15, 0.2) is 0 Å². The Morgan fingerprint density at radius 2 is 1.71 bits per heavy atom. The fraction of sp³-hybridized carbons (Fsp3) is 0.462. The van der Waals surface area contributed by atoms with Gasteiger partial charge in [-0.05, 0) is 57.1 Å². The van der Waals surface area contributed by atoms with Crippen molar-refractivity contribution in [2.24, 2.45) is 9.57 Å². The van der Waals surface area contributed by atoms with Crippen LogP contribution < -0.4 is 4.74 Å². The number of rotatable bonds is 2. The van der Waals surface area contributed by atoms with Crippen LogP contribution in [-0.2, 0) is 14.8 Å². The van der Waals surface area contributed by atoms with Crippen molar-refractivity contribution in [1.29, 1.82) is 0 Å². The maximum atomic E-state index is 12.2. The number of hydrogen-bond acceptors (Lipinski definition) is 6. The third-order valence-corrected chi connectivity index (χ3v) is 5.95. The number of hydrogen-bond donors (Lipinski definition) is 0. The number of benzene rings is 1. The van der Waals surface area contributed by atoms with Gasteiger partial charge in [0.2, 0.25) is 0 Å². The Hall–Kier alpha value is -1.96. The Bertz CT molecular complexity index is 690. The summed E-state index contributed by atoms with van der Waals surface area (Å²) >= 11 is 0. The molecule has 1 aliphatic rings. The Balaban J connectivity index is 2.33. The highest BCUT2D eigenvalue weighted by Gasteiger charge is 2.54. The van der Waals surface area contributed by atoms with Crippen molar-refractivity contribution in [3.63, 3.8) is 0 Å². The quantitative estimate of drug-likeness (QED) is 0.782. The minimum Gasteiger partial charge on any atom is -0.442 e. The van der Waals surface area contributed by atoms with E-state index in [0.717, 1.165) is 0 Å². The summed E-state index contributed by atoms with van der Waals surface area (Å²) in [6.07, 6.45) is -0.342. The van der Waals surface area contributed by atoms with E-state index in [4.69, 9.17) is 9.47 Å². The van der Waals surface area contributed by atoms with Gasteiger partial charge < -0.3 is 9.47 Å². The summed E-state index contributed by atoms with van der Waals surface area (Å²) in [5, 5.41) is 2.76. The van der Waals surface area contributed by atoms with Crippen LogP contribution >= 0.6 is 0 Å². The van der Waals surface area contributed by atoms with Crippen LogP contribution in [0.4, 0.5) is 5.69 Å². The Morgan fingerprint density at radius 3 is 2.19 bits per heavy atom. The van der Waals surface area contributed by atoms with E-state index < -0.39 is 20.4 Å². The molecule has 0 spiro atoms. The Labute approximate surface area is 123 Å². The third-order valence-electron chi connectivity index (χ3n) is 3.78. The topological polar surface area (TPSA) is 94.4 Å². The van der Waals surface area contributed by atoms with Gasteiger partial charge >= 0.3 is 6.08 Å². The lowest BCUT2D eigenvalue weighted by atomic mass is 9.93. The predicted octanol–water partition coefficient (Wildman–Crippen LogP) is 2.74. The molecule has 0 amide bonds. The molecular weight excluding hydrogens is 296 g/mol. The van der Waals surface area contributed by atoms with Crippen molar-refractivity contribution < 1.29 is 17.9 Å². The third kappa shape index (κ3) is 2.63. The predicted molar refractivity (Wildman–Crippen MR) is 78.1 cm³/mol. The number of nitrogens with zero attached hydrogens (tertiary/aromatic N) is 2. The first kappa shape index (κ1) is 15.4. The minimum atomic E-state index is -3.78. The molecule has 0 N–H and O–H groups in total. The molecule has 0 unspecified atom stereocenters. The SMILES string of the molecule is CC1(C)OC(Oc2ccc(N=O)cc2)=NS(=O)(=O)C1(C)C. The molecular formula is C13H16N2O5S. The molecule has 0 fully saturated rings. The molecule has 1 heterocycles. The molecule has 0 radical (unpaired) electrons. The van der Waals surface area contributed by atoms with Crippen LogP contribution in [0.1, 0.15) is 27.7 Å². The molecule has 1 aliphatic heterocycles. The second-order valence-electron chi connectivity index (χ2n) is 5.64. The first-order chi connectivity index (χ1) is 9.59. The van der Waals surface area contributed by atoms with Gasteiger partial charge in [0.25, 0.3) is 10.0 Å². The van der Waals surface area contributed by atoms with Gasteiger partial charge in [-0.2, -0.15) is 0 Å². The summed E-state index contributed by atoms with van der Waals surface area (Å²) in [6.45, 7) is 6.41. The molecule has 0 saturated heterocycles. The average Bonchev–Trinajstić information content (AvgIpc) is 2.36. The van der Waals surface area contributed by atoms with Crippen molar-refractivity contribution in [2.45, 2.75) is 38.0 Å². The zero-order chi connectivity index (χ0) is 15.9. The van der Waals surface area contributed by atoms with E-state index in [2.05, 4.69) is 9.57 Å². The molecule has 8 heteroatoms. The maximum Gasteiger partial charge on any atom is 0.405 e. The lowest BCUT2D eigenvalue weighted by molar-refractivity contribution is 0.0309. The maximum absolute atomic E-state index is 12.2. The summed E-state index contributed by atoms with van der Waals surface area (Å²) in [4.78, 5) is 10.3. The normalized spacial score (nSPS) is 21.8. The lowest BCUT2D eigenvalue weighted by Gasteiger charge is -2.41. The van der Waals surface area contributed by atoms with Crippen LogP contribution in [0.5, 0.6) is 5.75 Å². The van der Waals surface area contributed by atoms with Crippen molar-refractivity contribution in [2.75, 3.05) is 0 Å². The molecule has 7 nitrogen and oxygen atoms in total. The summed E-state index contributed by atoms with van der Waals surface area (Å²) < 4.78 is 37.7.